The maximum Gasteiger partial charge on any atom is 0.318 e. The molecule has 0 bridgehead atoms. The van der Waals surface area contributed by atoms with Crippen molar-refractivity contribution in [2.45, 2.75) is 38.7 Å². The van der Waals surface area contributed by atoms with Crippen molar-refractivity contribution in [3.05, 3.63) is 89.7 Å². The number of ether oxygens (including phenoxy) is 1. The maximum atomic E-state index is 14.8. The van der Waals surface area contributed by atoms with Crippen LogP contribution < -0.4 is 4.74 Å². The molecule has 0 aromatic heterocycles. The minimum Gasteiger partial charge on any atom is -0.426 e. The number of rotatable bonds is 9. The van der Waals surface area contributed by atoms with Crippen LogP contribution in [0.3, 0.4) is 0 Å². The number of benzene rings is 3. The molecule has 180 valence electrons. The van der Waals surface area contributed by atoms with Crippen LogP contribution in [0.25, 0.3) is 11.1 Å². The van der Waals surface area contributed by atoms with Gasteiger partial charge in [-0.3, -0.25) is 4.79 Å². The predicted molar refractivity (Wildman–Crippen MR) is 134 cm³/mol. The molecule has 0 spiro atoms. The lowest BCUT2D eigenvalue weighted by Gasteiger charge is -2.35. The summed E-state index contributed by atoms with van der Waals surface area (Å²) in [6.07, 6.45) is 0.531. The molecule has 0 radical (unpaired) electrons. The van der Waals surface area contributed by atoms with Gasteiger partial charge in [0.2, 0.25) is 0 Å². The van der Waals surface area contributed by atoms with Crippen LogP contribution in [0, 0.1) is 11.7 Å². The van der Waals surface area contributed by atoms with Gasteiger partial charge in [-0.15, -0.1) is 0 Å². The van der Waals surface area contributed by atoms with E-state index < -0.39 is 17.5 Å². The largest absolute Gasteiger partial charge is 0.426 e. The predicted octanol–water partition coefficient (Wildman–Crippen LogP) is 6.00. The Bertz CT molecular complexity index is 1120. The number of nitrogens with zero attached hydrogens (tertiary/aromatic N) is 1. The van der Waals surface area contributed by atoms with E-state index in [0.717, 1.165) is 12.1 Å². The number of esters is 1. The van der Waals surface area contributed by atoms with Crippen LogP contribution in [0.1, 0.15) is 44.2 Å². The van der Waals surface area contributed by atoms with E-state index in [9.17, 15) is 14.3 Å². The summed E-state index contributed by atoms with van der Waals surface area (Å²) in [4.78, 5) is 14.9. The van der Waals surface area contributed by atoms with Crippen molar-refractivity contribution in [3.63, 3.8) is 0 Å². The molecular formula is C29H34FNO3. The zero-order valence-corrected chi connectivity index (χ0v) is 20.6. The fourth-order valence-electron chi connectivity index (χ4n) is 4.36. The molecule has 1 N–H and O–H groups in total. The van der Waals surface area contributed by atoms with Gasteiger partial charge in [0.15, 0.2) is 0 Å². The first-order valence-corrected chi connectivity index (χ1v) is 11.7. The molecule has 0 heterocycles. The lowest BCUT2D eigenvalue weighted by molar-refractivity contribution is -0.135. The van der Waals surface area contributed by atoms with Crippen LogP contribution in [0.15, 0.2) is 72.8 Å². The van der Waals surface area contributed by atoms with Gasteiger partial charge in [-0.2, -0.15) is 0 Å². The summed E-state index contributed by atoms with van der Waals surface area (Å²) in [5.74, 6) is -1.18. The third-order valence-electron chi connectivity index (χ3n) is 6.48. The van der Waals surface area contributed by atoms with Gasteiger partial charge in [0, 0.05) is 18.0 Å². The Kier molecular flexibility index (Phi) is 8.24. The smallest absolute Gasteiger partial charge is 0.318 e. The zero-order valence-electron chi connectivity index (χ0n) is 20.6. The standard InChI is InChI=1S/C29H34FNO3/c1-6-29(33,20(2)19-31(4)5)24-13-10-14-25(18-24)34-28(32)21(3)23-15-16-26(27(30)17-23)22-11-8-7-9-12-22/h7-18,20-21,33H,6,19H2,1-5H3/t20-,21?,29-/m1/s1. The summed E-state index contributed by atoms with van der Waals surface area (Å²) in [5.41, 5.74) is 1.48. The van der Waals surface area contributed by atoms with E-state index in [4.69, 9.17) is 4.74 Å². The van der Waals surface area contributed by atoms with Crippen LogP contribution in [-0.2, 0) is 10.4 Å². The molecule has 3 rings (SSSR count). The van der Waals surface area contributed by atoms with Crippen LogP contribution in [0.5, 0.6) is 5.75 Å². The third-order valence-corrected chi connectivity index (χ3v) is 6.48. The molecule has 0 aliphatic rings. The maximum absolute atomic E-state index is 14.8. The van der Waals surface area contributed by atoms with Crippen molar-refractivity contribution in [3.8, 4) is 16.9 Å². The quantitative estimate of drug-likeness (QED) is 0.312. The Morgan fingerprint density at radius 3 is 2.35 bits per heavy atom. The van der Waals surface area contributed by atoms with Gasteiger partial charge in [0.1, 0.15) is 11.6 Å². The van der Waals surface area contributed by atoms with Gasteiger partial charge < -0.3 is 14.7 Å². The monoisotopic (exact) mass is 463 g/mol. The number of aliphatic hydroxyl groups is 1. The molecule has 0 amide bonds. The van der Waals surface area contributed by atoms with Crippen LogP contribution in [-0.4, -0.2) is 36.6 Å². The van der Waals surface area contributed by atoms with E-state index in [1.807, 2.05) is 69.2 Å². The number of carbonyl (C=O) groups is 1. The van der Waals surface area contributed by atoms with E-state index in [1.54, 1.807) is 37.3 Å². The summed E-state index contributed by atoms with van der Waals surface area (Å²) in [6.45, 7) is 6.37. The first-order chi connectivity index (χ1) is 16.2. The number of hydrogen-bond donors (Lipinski definition) is 1. The first kappa shape index (κ1) is 25.6. The van der Waals surface area contributed by atoms with Crippen LogP contribution >= 0.6 is 0 Å². The van der Waals surface area contributed by atoms with Crippen molar-refractivity contribution in [2.24, 2.45) is 5.92 Å². The molecule has 0 aliphatic carbocycles. The van der Waals surface area contributed by atoms with Crippen LogP contribution in [0.4, 0.5) is 4.39 Å². The minimum atomic E-state index is -1.05. The fourth-order valence-corrected chi connectivity index (χ4v) is 4.36. The Morgan fingerprint density at radius 2 is 1.74 bits per heavy atom. The minimum absolute atomic E-state index is 0.0246. The molecule has 3 aromatic rings. The third kappa shape index (κ3) is 5.72. The van der Waals surface area contributed by atoms with E-state index in [-0.39, 0.29) is 11.7 Å². The Hall–Kier alpha value is -3.02. The highest BCUT2D eigenvalue weighted by Crippen LogP contribution is 2.35. The molecule has 0 saturated heterocycles. The average Bonchev–Trinajstić information content (AvgIpc) is 2.83. The van der Waals surface area contributed by atoms with E-state index in [2.05, 4.69) is 0 Å². The van der Waals surface area contributed by atoms with Crippen molar-refractivity contribution in [1.29, 1.82) is 0 Å². The number of carbonyl (C=O) groups excluding carboxylic acids is 1. The summed E-state index contributed by atoms with van der Waals surface area (Å²) in [6, 6.07) is 21.2. The van der Waals surface area contributed by atoms with E-state index >= 15 is 0 Å². The highest BCUT2D eigenvalue weighted by molar-refractivity contribution is 5.80. The molecule has 4 nitrogen and oxygen atoms in total. The molecule has 0 saturated carbocycles. The van der Waals surface area contributed by atoms with E-state index in [1.165, 1.54) is 6.07 Å². The van der Waals surface area contributed by atoms with Gasteiger partial charge in [-0.25, -0.2) is 4.39 Å². The topological polar surface area (TPSA) is 49.8 Å². The number of halogens is 1. The average molecular weight is 464 g/mol. The molecule has 3 atom stereocenters. The SMILES string of the molecule is CC[C@](O)(c1cccc(OC(=O)C(C)c2ccc(-c3ccccc3)c(F)c2)c1)[C@H](C)CN(C)C. The summed E-state index contributed by atoms with van der Waals surface area (Å²) < 4.78 is 20.4. The van der Waals surface area contributed by atoms with Gasteiger partial charge in [-0.05, 0) is 62.3 Å². The highest BCUT2D eigenvalue weighted by atomic mass is 19.1. The first-order valence-electron chi connectivity index (χ1n) is 11.7. The molecular weight excluding hydrogens is 429 g/mol. The van der Waals surface area contributed by atoms with E-state index in [0.29, 0.717) is 28.9 Å². The van der Waals surface area contributed by atoms with Crippen LogP contribution in [0.2, 0.25) is 0 Å². The Labute approximate surface area is 202 Å². The molecule has 1 unspecified atom stereocenters. The normalized spacial score (nSPS) is 14.9. The second-order valence-corrected chi connectivity index (χ2v) is 9.22. The molecule has 5 heteroatoms. The Morgan fingerprint density at radius 1 is 1.03 bits per heavy atom. The van der Waals surface area contributed by atoms with Crippen molar-refractivity contribution in [2.75, 3.05) is 20.6 Å². The van der Waals surface area contributed by atoms with Gasteiger partial charge in [-0.1, -0.05) is 68.4 Å². The number of hydrogen-bond acceptors (Lipinski definition) is 4. The molecule has 0 fully saturated rings. The van der Waals surface area contributed by atoms with Gasteiger partial charge in [0.05, 0.1) is 11.5 Å². The summed E-state index contributed by atoms with van der Waals surface area (Å²) >= 11 is 0. The zero-order chi connectivity index (χ0) is 24.9. The molecule has 34 heavy (non-hydrogen) atoms. The van der Waals surface area contributed by atoms with Gasteiger partial charge >= 0.3 is 5.97 Å². The summed E-state index contributed by atoms with van der Waals surface area (Å²) in [5, 5.41) is 11.4. The van der Waals surface area contributed by atoms with Crippen molar-refractivity contribution in [1.82, 2.24) is 4.90 Å². The lowest BCUT2D eigenvalue weighted by atomic mass is 9.80. The second-order valence-electron chi connectivity index (χ2n) is 9.22. The van der Waals surface area contributed by atoms with Crippen molar-refractivity contribution >= 4 is 5.97 Å². The van der Waals surface area contributed by atoms with Gasteiger partial charge in [0.25, 0.3) is 0 Å². The summed E-state index contributed by atoms with van der Waals surface area (Å²) in [7, 11) is 3.95. The lowest BCUT2D eigenvalue weighted by Crippen LogP contribution is -2.38. The molecule has 3 aromatic carbocycles. The second kappa shape index (κ2) is 10.9. The van der Waals surface area contributed by atoms with Crippen molar-refractivity contribution < 1.29 is 19.0 Å². The fraction of sp³-hybridized carbons (Fsp3) is 0.345. The Balaban J connectivity index is 1.77. The highest BCUT2D eigenvalue weighted by Gasteiger charge is 2.34. The molecule has 0 aliphatic heterocycles.